The minimum atomic E-state index is -0.843. The van der Waals surface area contributed by atoms with E-state index in [1.165, 1.54) is 0 Å². The number of carboxylic acids is 1. The lowest BCUT2D eigenvalue weighted by atomic mass is 9.83. The Bertz CT molecular complexity index is 611. The normalized spacial score (nSPS) is 17.9. The molecular weight excluding hydrogens is 298 g/mol. The number of aliphatic carboxylic acids is 1. The first-order chi connectivity index (χ1) is 10.8. The number of ether oxygens (including phenoxy) is 2. The van der Waals surface area contributed by atoms with E-state index in [-0.39, 0.29) is 12.5 Å². The van der Waals surface area contributed by atoms with Crippen molar-refractivity contribution in [3.8, 4) is 11.5 Å². The van der Waals surface area contributed by atoms with Crippen LogP contribution in [0.3, 0.4) is 0 Å². The molecule has 6 nitrogen and oxygen atoms in total. The number of carbonyl (C=O) groups is 2. The molecule has 126 valence electrons. The zero-order valence-electron chi connectivity index (χ0n) is 14.0. The number of benzene rings is 1. The summed E-state index contributed by atoms with van der Waals surface area (Å²) in [5.74, 6) is -0.222. The summed E-state index contributed by atoms with van der Waals surface area (Å²) in [7, 11) is 3.11. The standard InChI is InChI=1S/C17H23NO5/c1-17(2,12-5-6-13(22-3)14(9-12)23-4)16(21)18-8-7-11(10-18)15(19)20/h5-6,9,11H,7-8,10H2,1-4H3,(H,19,20)/t11-/m0/s1. The van der Waals surface area contributed by atoms with Crippen molar-refractivity contribution >= 4 is 11.9 Å². The van der Waals surface area contributed by atoms with E-state index in [9.17, 15) is 9.59 Å². The van der Waals surface area contributed by atoms with Gasteiger partial charge in [0.1, 0.15) is 0 Å². The van der Waals surface area contributed by atoms with Gasteiger partial charge < -0.3 is 19.5 Å². The van der Waals surface area contributed by atoms with Crippen LogP contribution in [0.5, 0.6) is 11.5 Å². The summed E-state index contributed by atoms with van der Waals surface area (Å²) >= 11 is 0. The van der Waals surface area contributed by atoms with Crippen LogP contribution < -0.4 is 9.47 Å². The number of methoxy groups -OCH3 is 2. The van der Waals surface area contributed by atoms with Crippen LogP contribution in [-0.4, -0.2) is 49.2 Å². The van der Waals surface area contributed by atoms with Gasteiger partial charge >= 0.3 is 5.97 Å². The van der Waals surface area contributed by atoms with Crippen molar-refractivity contribution in [3.05, 3.63) is 23.8 Å². The molecule has 0 saturated carbocycles. The van der Waals surface area contributed by atoms with Gasteiger partial charge in [0, 0.05) is 13.1 Å². The van der Waals surface area contributed by atoms with Gasteiger partial charge in [0.05, 0.1) is 25.6 Å². The van der Waals surface area contributed by atoms with Crippen LogP contribution in [0.4, 0.5) is 0 Å². The molecule has 0 radical (unpaired) electrons. The summed E-state index contributed by atoms with van der Waals surface area (Å²) in [5.41, 5.74) is 0.0337. The van der Waals surface area contributed by atoms with Crippen LogP contribution in [0, 0.1) is 5.92 Å². The molecule has 1 aromatic rings. The van der Waals surface area contributed by atoms with Gasteiger partial charge in [0.15, 0.2) is 11.5 Å². The third-order valence-electron chi connectivity index (χ3n) is 4.46. The molecule has 0 spiro atoms. The number of carboxylic acid groups (broad SMARTS) is 1. The van der Waals surface area contributed by atoms with E-state index < -0.39 is 17.3 Å². The molecule has 1 amide bonds. The third-order valence-corrected chi connectivity index (χ3v) is 4.46. The predicted molar refractivity (Wildman–Crippen MR) is 84.9 cm³/mol. The van der Waals surface area contributed by atoms with Crippen molar-refractivity contribution in [2.45, 2.75) is 25.7 Å². The molecule has 1 N–H and O–H groups in total. The van der Waals surface area contributed by atoms with Gasteiger partial charge in [0.25, 0.3) is 0 Å². The molecule has 0 aromatic heterocycles. The second-order valence-corrected chi connectivity index (χ2v) is 6.27. The fraction of sp³-hybridized carbons (Fsp3) is 0.529. The number of nitrogens with zero attached hydrogens (tertiary/aromatic N) is 1. The van der Waals surface area contributed by atoms with Crippen molar-refractivity contribution in [2.24, 2.45) is 5.92 Å². The highest BCUT2D eigenvalue weighted by atomic mass is 16.5. The molecule has 0 unspecified atom stereocenters. The summed E-state index contributed by atoms with van der Waals surface area (Å²) in [6.45, 7) is 4.42. The summed E-state index contributed by atoms with van der Waals surface area (Å²) in [5, 5.41) is 9.09. The van der Waals surface area contributed by atoms with Crippen molar-refractivity contribution in [2.75, 3.05) is 27.3 Å². The van der Waals surface area contributed by atoms with E-state index in [0.29, 0.717) is 24.5 Å². The predicted octanol–water partition coefficient (Wildman–Crippen LogP) is 1.91. The molecule has 0 aliphatic carbocycles. The van der Waals surface area contributed by atoms with Crippen LogP contribution >= 0.6 is 0 Å². The number of carbonyl (C=O) groups excluding carboxylic acids is 1. The van der Waals surface area contributed by atoms with Crippen molar-refractivity contribution in [1.82, 2.24) is 4.90 Å². The highest BCUT2D eigenvalue weighted by molar-refractivity contribution is 5.88. The second-order valence-electron chi connectivity index (χ2n) is 6.27. The maximum atomic E-state index is 12.9. The quantitative estimate of drug-likeness (QED) is 0.896. The van der Waals surface area contributed by atoms with Gasteiger partial charge in [-0.2, -0.15) is 0 Å². The zero-order valence-corrected chi connectivity index (χ0v) is 14.0. The number of hydrogen-bond acceptors (Lipinski definition) is 4. The van der Waals surface area contributed by atoms with Gasteiger partial charge in [-0.05, 0) is 38.0 Å². The average molecular weight is 321 g/mol. The summed E-state index contributed by atoms with van der Waals surface area (Å²) in [4.78, 5) is 25.6. The van der Waals surface area contributed by atoms with Gasteiger partial charge in [0.2, 0.25) is 5.91 Å². The lowest BCUT2D eigenvalue weighted by molar-refractivity contribution is -0.141. The van der Waals surface area contributed by atoms with Crippen LogP contribution in [0.2, 0.25) is 0 Å². The second kappa shape index (κ2) is 6.48. The Hall–Kier alpha value is -2.24. The maximum Gasteiger partial charge on any atom is 0.308 e. The largest absolute Gasteiger partial charge is 0.493 e. The smallest absolute Gasteiger partial charge is 0.308 e. The molecule has 1 aromatic carbocycles. The minimum Gasteiger partial charge on any atom is -0.493 e. The number of amides is 1. The number of rotatable bonds is 5. The molecule has 2 rings (SSSR count). The van der Waals surface area contributed by atoms with Crippen molar-refractivity contribution < 1.29 is 24.2 Å². The summed E-state index contributed by atoms with van der Waals surface area (Å²) < 4.78 is 10.5. The Morgan fingerprint density at radius 1 is 1.22 bits per heavy atom. The van der Waals surface area contributed by atoms with Gasteiger partial charge in [-0.25, -0.2) is 0 Å². The van der Waals surface area contributed by atoms with E-state index >= 15 is 0 Å². The molecule has 6 heteroatoms. The molecule has 0 bridgehead atoms. The van der Waals surface area contributed by atoms with Crippen molar-refractivity contribution in [3.63, 3.8) is 0 Å². The first-order valence-corrected chi connectivity index (χ1v) is 7.56. The van der Waals surface area contributed by atoms with Crippen molar-refractivity contribution in [1.29, 1.82) is 0 Å². The fourth-order valence-electron chi connectivity index (χ4n) is 2.89. The van der Waals surface area contributed by atoms with Gasteiger partial charge in [-0.15, -0.1) is 0 Å². The Labute approximate surface area is 136 Å². The van der Waals surface area contributed by atoms with Crippen LogP contribution in [0.15, 0.2) is 18.2 Å². The Kier molecular flexibility index (Phi) is 4.82. The van der Waals surface area contributed by atoms with Gasteiger partial charge in [-0.3, -0.25) is 9.59 Å². The number of hydrogen-bond donors (Lipinski definition) is 1. The van der Waals surface area contributed by atoms with E-state index in [1.807, 2.05) is 19.9 Å². The molecule has 1 fully saturated rings. The van der Waals surface area contributed by atoms with E-state index in [4.69, 9.17) is 14.6 Å². The highest BCUT2D eigenvalue weighted by Gasteiger charge is 2.39. The lowest BCUT2D eigenvalue weighted by Gasteiger charge is -2.30. The molecular formula is C17H23NO5. The van der Waals surface area contributed by atoms with Crippen LogP contribution in [-0.2, 0) is 15.0 Å². The molecule has 1 saturated heterocycles. The Morgan fingerprint density at radius 3 is 2.39 bits per heavy atom. The Balaban J connectivity index is 2.24. The molecule has 1 atom stereocenters. The van der Waals surface area contributed by atoms with Gasteiger partial charge in [-0.1, -0.05) is 6.07 Å². The highest BCUT2D eigenvalue weighted by Crippen LogP contribution is 2.35. The monoisotopic (exact) mass is 321 g/mol. The minimum absolute atomic E-state index is 0.0755. The Morgan fingerprint density at radius 2 is 1.87 bits per heavy atom. The number of likely N-dealkylation sites (tertiary alicyclic amines) is 1. The van der Waals surface area contributed by atoms with E-state index in [0.717, 1.165) is 5.56 Å². The SMILES string of the molecule is COc1ccc(C(C)(C)C(=O)N2CC[C@H](C(=O)O)C2)cc1OC. The molecule has 1 aliphatic rings. The lowest BCUT2D eigenvalue weighted by Crippen LogP contribution is -2.42. The van der Waals surface area contributed by atoms with E-state index in [1.54, 1.807) is 31.3 Å². The van der Waals surface area contributed by atoms with Crippen LogP contribution in [0.1, 0.15) is 25.8 Å². The first-order valence-electron chi connectivity index (χ1n) is 7.56. The first kappa shape index (κ1) is 17.1. The van der Waals surface area contributed by atoms with E-state index in [2.05, 4.69) is 0 Å². The summed E-state index contributed by atoms with van der Waals surface area (Å²) in [6, 6.07) is 5.40. The topological polar surface area (TPSA) is 76.1 Å². The molecule has 1 aliphatic heterocycles. The third kappa shape index (κ3) is 3.25. The fourth-order valence-corrected chi connectivity index (χ4v) is 2.89. The van der Waals surface area contributed by atoms with Crippen LogP contribution in [0.25, 0.3) is 0 Å². The molecule has 23 heavy (non-hydrogen) atoms. The summed E-state index contributed by atoms with van der Waals surface area (Å²) in [6.07, 6.45) is 0.503. The average Bonchev–Trinajstić information content (AvgIpc) is 3.03. The molecule has 1 heterocycles. The maximum absolute atomic E-state index is 12.9. The zero-order chi connectivity index (χ0) is 17.2.